The maximum atomic E-state index is 13.7. The van der Waals surface area contributed by atoms with Crippen molar-refractivity contribution in [3.05, 3.63) is 40.0 Å². The van der Waals surface area contributed by atoms with E-state index in [-0.39, 0.29) is 28.0 Å². The number of rotatable bonds is 5. The van der Waals surface area contributed by atoms with E-state index in [9.17, 15) is 26.3 Å². The maximum absolute atomic E-state index is 13.7. The van der Waals surface area contributed by atoms with Crippen LogP contribution in [-0.2, 0) is 35.2 Å². The van der Waals surface area contributed by atoms with Crippen molar-refractivity contribution in [2.45, 2.75) is 59.4 Å². The molecular weight excluding hydrogens is 450 g/mol. The quantitative estimate of drug-likeness (QED) is 0.478. The van der Waals surface area contributed by atoms with E-state index in [0.717, 1.165) is 19.9 Å². The molecule has 2 rings (SSSR count). The van der Waals surface area contributed by atoms with E-state index in [1.807, 2.05) is 0 Å². The summed E-state index contributed by atoms with van der Waals surface area (Å²) in [5, 5.41) is 4.35. The molecule has 2 aromatic rings. The van der Waals surface area contributed by atoms with Crippen LogP contribution in [-0.4, -0.2) is 22.1 Å². The zero-order chi connectivity index (χ0) is 24.2. The Labute approximate surface area is 180 Å². The van der Waals surface area contributed by atoms with E-state index in [0.29, 0.717) is 18.7 Å². The van der Waals surface area contributed by atoms with Gasteiger partial charge in [0.15, 0.2) is 0 Å². The van der Waals surface area contributed by atoms with Gasteiger partial charge in [0.25, 0.3) is 0 Å². The predicted molar refractivity (Wildman–Crippen MR) is 101 cm³/mol. The number of alkyl halides is 6. The van der Waals surface area contributed by atoms with E-state index in [4.69, 9.17) is 21.2 Å². The summed E-state index contributed by atoms with van der Waals surface area (Å²) >= 11 is 6.27. The summed E-state index contributed by atoms with van der Waals surface area (Å²) in [6, 6.07) is 3.24. The Morgan fingerprint density at radius 1 is 1.06 bits per heavy atom. The molecule has 0 fully saturated rings. The van der Waals surface area contributed by atoms with Gasteiger partial charge in [-0.05, 0) is 31.4 Å². The lowest BCUT2D eigenvalue weighted by atomic mass is 9.84. The number of aromatic nitrogens is 2. The van der Waals surface area contributed by atoms with Crippen LogP contribution in [0, 0.1) is 5.41 Å². The Kier molecular flexibility index (Phi) is 8.51. The predicted octanol–water partition coefficient (Wildman–Crippen LogP) is 6.35. The molecular formula is C20H21ClF6N2O2. The summed E-state index contributed by atoms with van der Waals surface area (Å²) in [5.74, 6) is 0. The van der Waals surface area contributed by atoms with E-state index in [1.165, 1.54) is 16.8 Å². The van der Waals surface area contributed by atoms with Gasteiger partial charge in [-0.3, -0.25) is 4.68 Å². The molecule has 0 radical (unpaired) electrons. The molecule has 0 saturated carbocycles. The Bertz CT molecular complexity index is 942. The molecule has 31 heavy (non-hydrogen) atoms. The molecule has 4 nitrogen and oxygen atoms in total. The minimum atomic E-state index is -4.76. The highest BCUT2D eigenvalue weighted by molar-refractivity contribution is 6.33. The van der Waals surface area contributed by atoms with Gasteiger partial charge in [0.1, 0.15) is 0 Å². The van der Waals surface area contributed by atoms with Gasteiger partial charge in [-0.15, -0.1) is 0 Å². The molecule has 0 aliphatic heterocycles. The maximum Gasteiger partial charge on any atom is 0.417 e. The third-order valence-electron chi connectivity index (χ3n) is 4.65. The second-order valence-corrected chi connectivity index (χ2v) is 7.68. The van der Waals surface area contributed by atoms with E-state index in [2.05, 4.69) is 5.10 Å². The number of nitrogens with zero attached hydrogens (tertiary/aromatic N) is 2. The molecule has 0 amide bonds. The molecule has 0 aliphatic carbocycles. The van der Waals surface area contributed by atoms with Gasteiger partial charge >= 0.3 is 18.5 Å². The number of aryl methyl sites for hydroxylation is 2. The smallest absolute Gasteiger partial charge is 0.263 e. The van der Waals surface area contributed by atoms with Crippen molar-refractivity contribution in [2.24, 2.45) is 5.41 Å². The summed E-state index contributed by atoms with van der Waals surface area (Å²) in [5.41, 5.74) is -2.84. The van der Waals surface area contributed by atoms with Crippen LogP contribution in [0.2, 0.25) is 5.02 Å². The first-order valence-corrected chi connectivity index (χ1v) is 9.54. The average Bonchev–Trinajstić information content (AvgIpc) is 2.96. The zero-order valence-corrected chi connectivity index (χ0v) is 18.0. The van der Waals surface area contributed by atoms with Crippen LogP contribution in [0.3, 0.4) is 0 Å². The van der Waals surface area contributed by atoms with Crippen LogP contribution in [0.1, 0.15) is 44.5 Å². The summed E-state index contributed by atoms with van der Waals surface area (Å²) in [6.45, 7) is 5.73. The van der Waals surface area contributed by atoms with Crippen molar-refractivity contribution in [1.82, 2.24) is 9.78 Å². The van der Waals surface area contributed by atoms with Gasteiger partial charge in [0, 0.05) is 12.1 Å². The van der Waals surface area contributed by atoms with E-state index in [1.54, 1.807) is 13.8 Å². The van der Waals surface area contributed by atoms with Gasteiger partial charge in [-0.1, -0.05) is 44.5 Å². The van der Waals surface area contributed by atoms with Gasteiger partial charge in [0.2, 0.25) is 0 Å². The third-order valence-corrected chi connectivity index (χ3v) is 5.05. The molecule has 0 unspecified atom stereocenters. The highest BCUT2D eigenvalue weighted by Gasteiger charge is 2.47. The van der Waals surface area contributed by atoms with Crippen LogP contribution >= 0.6 is 11.6 Å². The lowest BCUT2D eigenvalue weighted by Gasteiger charge is -2.28. The van der Waals surface area contributed by atoms with Crippen molar-refractivity contribution in [2.75, 3.05) is 0 Å². The first-order chi connectivity index (χ1) is 14.1. The van der Waals surface area contributed by atoms with Crippen molar-refractivity contribution in [3.63, 3.8) is 0 Å². The first-order valence-electron chi connectivity index (χ1n) is 9.16. The summed E-state index contributed by atoms with van der Waals surface area (Å²) in [6.07, 6.45) is -9.17. The fourth-order valence-corrected chi connectivity index (χ4v) is 3.33. The fourth-order valence-electron chi connectivity index (χ4n) is 2.95. The molecule has 0 aliphatic rings. The summed E-state index contributed by atoms with van der Waals surface area (Å²) < 4.78 is 82.0. The standard InChI is InChI=1S/C19H21ClF6N2.CO2/c1-5-14-15(20)16(28(6-2)27-14)12-8-7-11(9-13(12)18(21,22)23)10-17(3,4)19(24,25)26;2-1-3/h7-9H,5-6,10H2,1-4H3;. The monoisotopic (exact) mass is 470 g/mol. The van der Waals surface area contributed by atoms with E-state index < -0.39 is 29.8 Å². The highest BCUT2D eigenvalue weighted by atomic mass is 35.5. The number of carbonyl (C=O) groups excluding carboxylic acids is 2. The molecule has 0 saturated heterocycles. The van der Waals surface area contributed by atoms with Crippen molar-refractivity contribution in [1.29, 1.82) is 0 Å². The first kappa shape index (κ1) is 26.7. The van der Waals surface area contributed by atoms with Crippen molar-refractivity contribution < 1.29 is 35.9 Å². The minimum Gasteiger partial charge on any atom is -0.263 e. The SMILES string of the molecule is CCc1nn(CC)c(-c2ccc(CC(C)(C)C(F)(F)F)cc2C(F)(F)F)c1Cl.O=C=O. The Morgan fingerprint density at radius 2 is 1.61 bits per heavy atom. The number of halogens is 7. The van der Waals surface area contributed by atoms with Crippen LogP contribution < -0.4 is 0 Å². The van der Waals surface area contributed by atoms with Crippen LogP contribution in [0.25, 0.3) is 11.3 Å². The average molecular weight is 471 g/mol. The molecule has 1 heterocycles. The van der Waals surface area contributed by atoms with Crippen molar-refractivity contribution in [3.8, 4) is 11.3 Å². The second kappa shape index (κ2) is 9.87. The van der Waals surface area contributed by atoms with Gasteiger partial charge in [-0.2, -0.15) is 41.0 Å². The molecule has 11 heteroatoms. The topological polar surface area (TPSA) is 52.0 Å². The largest absolute Gasteiger partial charge is 0.417 e. The molecule has 0 bridgehead atoms. The molecule has 1 aromatic carbocycles. The zero-order valence-electron chi connectivity index (χ0n) is 17.2. The molecule has 172 valence electrons. The highest BCUT2D eigenvalue weighted by Crippen LogP contribution is 2.44. The lowest BCUT2D eigenvalue weighted by Crippen LogP contribution is -2.34. The van der Waals surface area contributed by atoms with Crippen LogP contribution in [0.4, 0.5) is 26.3 Å². The van der Waals surface area contributed by atoms with Crippen molar-refractivity contribution >= 4 is 17.8 Å². The molecule has 0 atom stereocenters. The van der Waals surface area contributed by atoms with Gasteiger partial charge in [-0.25, -0.2) is 0 Å². The number of hydrogen-bond donors (Lipinski definition) is 0. The molecule has 0 spiro atoms. The van der Waals surface area contributed by atoms with E-state index >= 15 is 0 Å². The normalized spacial score (nSPS) is 12.2. The molecule has 0 N–H and O–H groups in total. The lowest BCUT2D eigenvalue weighted by molar-refractivity contribution is -0.211. The van der Waals surface area contributed by atoms with Gasteiger partial charge < -0.3 is 0 Å². The minimum absolute atomic E-state index is 0.0483. The molecule has 1 aromatic heterocycles. The Hall–Kier alpha value is -2.32. The van der Waals surface area contributed by atoms with Gasteiger partial charge in [0.05, 0.1) is 27.4 Å². The Balaban J connectivity index is 0.00000151. The van der Waals surface area contributed by atoms with Crippen LogP contribution in [0.5, 0.6) is 0 Å². The van der Waals surface area contributed by atoms with Crippen LogP contribution in [0.15, 0.2) is 18.2 Å². The fraction of sp³-hybridized carbons (Fsp3) is 0.500. The number of benzene rings is 1. The summed E-state index contributed by atoms with van der Waals surface area (Å²) in [7, 11) is 0. The number of hydrogen-bond acceptors (Lipinski definition) is 3. The summed E-state index contributed by atoms with van der Waals surface area (Å²) in [4.78, 5) is 16.2. The Morgan fingerprint density at radius 3 is 2.03 bits per heavy atom. The third kappa shape index (κ3) is 6.11. The second-order valence-electron chi connectivity index (χ2n) is 7.30.